The van der Waals surface area contributed by atoms with Crippen LogP contribution in [0.4, 0.5) is 15.8 Å². The van der Waals surface area contributed by atoms with Gasteiger partial charge in [0.2, 0.25) is 5.91 Å². The number of halogens is 3. The Morgan fingerprint density at radius 1 is 1.29 bits per heavy atom. The number of benzene rings is 2. The SMILES string of the molecule is Cc1cc(Br)ccc1NC(=O)CNc1ccc(Cl)c(F)c1. The van der Waals surface area contributed by atoms with Crippen molar-refractivity contribution in [2.24, 2.45) is 0 Å². The van der Waals surface area contributed by atoms with E-state index in [1.54, 1.807) is 6.07 Å². The summed E-state index contributed by atoms with van der Waals surface area (Å²) in [7, 11) is 0. The first-order valence-electron chi connectivity index (χ1n) is 6.20. The van der Waals surface area contributed by atoms with Crippen LogP contribution in [-0.2, 0) is 4.79 Å². The molecular weight excluding hydrogens is 359 g/mol. The summed E-state index contributed by atoms with van der Waals surface area (Å²) >= 11 is 8.96. The fourth-order valence-electron chi connectivity index (χ4n) is 1.75. The quantitative estimate of drug-likeness (QED) is 0.824. The molecule has 0 aliphatic heterocycles. The number of anilines is 2. The van der Waals surface area contributed by atoms with Crippen LogP contribution >= 0.6 is 27.5 Å². The molecule has 0 aliphatic carbocycles. The maximum atomic E-state index is 13.3. The Kier molecular flexibility index (Phi) is 5.20. The topological polar surface area (TPSA) is 41.1 Å². The van der Waals surface area contributed by atoms with Crippen molar-refractivity contribution in [3.8, 4) is 0 Å². The smallest absolute Gasteiger partial charge is 0.243 e. The lowest BCUT2D eigenvalue weighted by Crippen LogP contribution is -2.22. The highest BCUT2D eigenvalue weighted by Crippen LogP contribution is 2.20. The first-order chi connectivity index (χ1) is 9.95. The standard InChI is InChI=1S/C15H13BrClFN2O/c1-9-6-10(16)2-5-14(9)20-15(21)8-19-11-3-4-12(17)13(18)7-11/h2-7,19H,8H2,1H3,(H,20,21). The van der Waals surface area contributed by atoms with Crippen molar-refractivity contribution in [3.63, 3.8) is 0 Å². The normalized spacial score (nSPS) is 10.3. The number of aryl methyl sites for hydroxylation is 1. The lowest BCUT2D eigenvalue weighted by Gasteiger charge is -2.10. The van der Waals surface area contributed by atoms with Crippen LogP contribution in [0.25, 0.3) is 0 Å². The van der Waals surface area contributed by atoms with E-state index in [-0.39, 0.29) is 17.5 Å². The Morgan fingerprint density at radius 3 is 2.71 bits per heavy atom. The summed E-state index contributed by atoms with van der Waals surface area (Å²) in [5.41, 5.74) is 2.20. The molecule has 0 spiro atoms. The second-order valence-corrected chi connectivity index (χ2v) is 5.81. The molecule has 1 amide bonds. The van der Waals surface area contributed by atoms with E-state index in [1.807, 2.05) is 25.1 Å². The molecule has 0 fully saturated rings. The van der Waals surface area contributed by atoms with Gasteiger partial charge in [0, 0.05) is 15.8 Å². The number of rotatable bonds is 4. The van der Waals surface area contributed by atoms with Crippen LogP contribution < -0.4 is 10.6 Å². The van der Waals surface area contributed by atoms with Crippen molar-refractivity contribution in [3.05, 3.63) is 57.3 Å². The van der Waals surface area contributed by atoms with Gasteiger partial charge in [-0.25, -0.2) is 4.39 Å². The van der Waals surface area contributed by atoms with Crippen molar-refractivity contribution >= 4 is 44.8 Å². The molecule has 0 unspecified atom stereocenters. The summed E-state index contributed by atoms with van der Waals surface area (Å²) in [4.78, 5) is 11.9. The summed E-state index contributed by atoms with van der Waals surface area (Å²) in [6, 6.07) is 9.89. The van der Waals surface area contributed by atoms with Crippen molar-refractivity contribution in [2.45, 2.75) is 6.92 Å². The Bertz CT molecular complexity index is 679. The minimum Gasteiger partial charge on any atom is -0.376 e. The second kappa shape index (κ2) is 6.91. The van der Waals surface area contributed by atoms with Crippen molar-refractivity contribution in [1.29, 1.82) is 0 Å². The molecule has 0 bridgehead atoms. The predicted molar refractivity (Wildman–Crippen MR) is 87.4 cm³/mol. The summed E-state index contributed by atoms with van der Waals surface area (Å²) in [6.45, 7) is 1.94. The van der Waals surface area contributed by atoms with Crippen molar-refractivity contribution in [1.82, 2.24) is 0 Å². The third kappa shape index (κ3) is 4.44. The molecule has 3 nitrogen and oxygen atoms in total. The third-order valence-corrected chi connectivity index (χ3v) is 3.63. The lowest BCUT2D eigenvalue weighted by molar-refractivity contribution is -0.114. The Labute approximate surface area is 135 Å². The number of hydrogen-bond donors (Lipinski definition) is 2. The average Bonchev–Trinajstić information content (AvgIpc) is 2.43. The fraction of sp³-hybridized carbons (Fsp3) is 0.133. The summed E-state index contributed by atoms with van der Waals surface area (Å²) in [5.74, 6) is -0.735. The molecule has 2 rings (SSSR count). The van der Waals surface area contributed by atoms with E-state index in [1.165, 1.54) is 12.1 Å². The minimum absolute atomic E-state index is 0.0383. The number of hydrogen-bond acceptors (Lipinski definition) is 2. The zero-order chi connectivity index (χ0) is 15.4. The van der Waals surface area contributed by atoms with E-state index in [2.05, 4.69) is 26.6 Å². The first kappa shape index (κ1) is 15.8. The molecule has 110 valence electrons. The molecule has 2 N–H and O–H groups in total. The molecule has 0 heterocycles. The molecular formula is C15H13BrClFN2O. The van der Waals surface area contributed by atoms with Crippen molar-refractivity contribution < 1.29 is 9.18 Å². The zero-order valence-corrected chi connectivity index (χ0v) is 13.6. The summed E-state index contributed by atoms with van der Waals surface area (Å²) in [5, 5.41) is 5.69. The van der Waals surface area contributed by atoms with Crippen molar-refractivity contribution in [2.75, 3.05) is 17.2 Å². The predicted octanol–water partition coefficient (Wildman–Crippen LogP) is 4.60. The van der Waals surface area contributed by atoms with Gasteiger partial charge in [-0.2, -0.15) is 0 Å². The Balaban J connectivity index is 1.94. The average molecular weight is 372 g/mol. The molecule has 0 saturated carbocycles. The van der Waals surface area contributed by atoms with Gasteiger partial charge in [-0.05, 0) is 48.9 Å². The number of amides is 1. The van der Waals surface area contributed by atoms with Crippen LogP contribution in [0.15, 0.2) is 40.9 Å². The highest BCUT2D eigenvalue weighted by molar-refractivity contribution is 9.10. The van der Waals surface area contributed by atoms with Gasteiger partial charge in [0.15, 0.2) is 0 Å². The minimum atomic E-state index is -0.522. The number of nitrogens with one attached hydrogen (secondary N) is 2. The van der Waals surface area contributed by atoms with Gasteiger partial charge in [0.05, 0.1) is 11.6 Å². The van der Waals surface area contributed by atoms with Crippen LogP contribution in [0, 0.1) is 12.7 Å². The lowest BCUT2D eigenvalue weighted by atomic mass is 10.2. The molecule has 0 aromatic heterocycles. The van der Waals surface area contributed by atoms with Gasteiger partial charge < -0.3 is 10.6 Å². The first-order valence-corrected chi connectivity index (χ1v) is 7.38. The van der Waals surface area contributed by atoms with Gasteiger partial charge >= 0.3 is 0 Å². The Morgan fingerprint density at radius 2 is 2.05 bits per heavy atom. The van der Waals surface area contributed by atoms with Gasteiger partial charge in [-0.15, -0.1) is 0 Å². The van der Waals surface area contributed by atoms with E-state index in [0.29, 0.717) is 5.69 Å². The highest BCUT2D eigenvalue weighted by atomic mass is 79.9. The zero-order valence-electron chi connectivity index (χ0n) is 11.2. The number of carbonyl (C=O) groups is 1. The highest BCUT2D eigenvalue weighted by Gasteiger charge is 2.06. The molecule has 0 radical (unpaired) electrons. The molecule has 2 aromatic carbocycles. The molecule has 0 aliphatic rings. The van der Waals surface area contributed by atoms with Crippen LogP contribution in [0.1, 0.15) is 5.56 Å². The summed E-state index contributed by atoms with van der Waals surface area (Å²) < 4.78 is 14.2. The largest absolute Gasteiger partial charge is 0.376 e. The second-order valence-electron chi connectivity index (χ2n) is 4.49. The number of carbonyl (C=O) groups excluding carboxylic acids is 1. The van der Waals surface area contributed by atoms with Crippen LogP contribution in [-0.4, -0.2) is 12.5 Å². The molecule has 21 heavy (non-hydrogen) atoms. The summed E-state index contributed by atoms with van der Waals surface area (Å²) in [6.07, 6.45) is 0. The van der Waals surface area contributed by atoms with Crippen LogP contribution in [0.2, 0.25) is 5.02 Å². The van der Waals surface area contributed by atoms with Gasteiger partial charge in [0.25, 0.3) is 0 Å². The Hall–Kier alpha value is -1.59. The molecule has 6 heteroatoms. The monoisotopic (exact) mass is 370 g/mol. The molecule has 0 saturated heterocycles. The van der Waals surface area contributed by atoms with E-state index < -0.39 is 5.82 Å². The maximum Gasteiger partial charge on any atom is 0.243 e. The molecule has 0 atom stereocenters. The molecule has 2 aromatic rings. The fourth-order valence-corrected chi connectivity index (χ4v) is 2.34. The van der Waals surface area contributed by atoms with E-state index in [9.17, 15) is 9.18 Å². The van der Waals surface area contributed by atoms with Crippen LogP contribution in [0.5, 0.6) is 0 Å². The van der Waals surface area contributed by atoms with Gasteiger partial charge in [-0.3, -0.25) is 4.79 Å². The maximum absolute atomic E-state index is 13.3. The third-order valence-electron chi connectivity index (χ3n) is 2.84. The van der Waals surface area contributed by atoms with E-state index >= 15 is 0 Å². The van der Waals surface area contributed by atoms with Gasteiger partial charge in [0.1, 0.15) is 5.82 Å². The van der Waals surface area contributed by atoms with Gasteiger partial charge in [-0.1, -0.05) is 27.5 Å². The van der Waals surface area contributed by atoms with E-state index in [4.69, 9.17) is 11.6 Å². The van der Waals surface area contributed by atoms with Crippen LogP contribution in [0.3, 0.4) is 0 Å². The van der Waals surface area contributed by atoms with E-state index in [0.717, 1.165) is 15.7 Å².